The molecule has 0 spiro atoms. The van der Waals surface area contributed by atoms with Crippen LogP contribution in [0.2, 0.25) is 0 Å². The van der Waals surface area contributed by atoms with Gasteiger partial charge in [0.15, 0.2) is 0 Å². The van der Waals surface area contributed by atoms with Crippen molar-refractivity contribution in [1.29, 1.82) is 0 Å². The summed E-state index contributed by atoms with van der Waals surface area (Å²) in [6, 6.07) is 73.2. The predicted octanol–water partition coefficient (Wildman–Crippen LogP) is 17.0. The summed E-state index contributed by atoms with van der Waals surface area (Å²) in [6.45, 7) is 24.1. The lowest BCUT2D eigenvalue weighted by atomic mass is 9.42. The van der Waals surface area contributed by atoms with Crippen LogP contribution < -0.4 is 20.6 Å². The fourth-order valence-electron chi connectivity index (χ4n) is 14.6. The van der Waals surface area contributed by atoms with Crippen molar-refractivity contribution in [2.24, 2.45) is 0 Å². The molecule has 9 aromatic carbocycles. The number of rotatable bonds is 4. The Hall–Kier alpha value is -7.36. The zero-order valence-corrected chi connectivity index (χ0v) is 44.8. The number of hydrogen-bond donors (Lipinski definition) is 0. The first-order chi connectivity index (χ1) is 35.5. The van der Waals surface area contributed by atoms with E-state index in [2.05, 4.69) is 267 Å². The third-order valence-electron chi connectivity index (χ3n) is 18.5. The van der Waals surface area contributed by atoms with Gasteiger partial charge < -0.3 is 9.71 Å². The van der Waals surface area contributed by atoms with Crippen LogP contribution >= 0.6 is 0 Å². The maximum Gasteiger partial charge on any atom is 0.333 e. The fourth-order valence-corrected chi connectivity index (χ4v) is 14.6. The molecule has 0 saturated heterocycles. The molecule has 2 nitrogen and oxygen atoms in total. The summed E-state index contributed by atoms with van der Waals surface area (Å²) in [5, 5.41) is 0. The molecule has 0 radical (unpaired) electrons. The lowest BCUT2D eigenvalue weighted by molar-refractivity contribution is 0.331. The van der Waals surface area contributed by atoms with Crippen molar-refractivity contribution in [1.82, 2.24) is 0 Å². The third-order valence-corrected chi connectivity index (χ3v) is 18.5. The van der Waals surface area contributed by atoms with Crippen LogP contribution in [-0.4, -0.2) is 6.85 Å². The van der Waals surface area contributed by atoms with E-state index < -0.39 is 5.41 Å². The first-order valence-electron chi connectivity index (χ1n) is 27.2. The van der Waals surface area contributed by atoms with Gasteiger partial charge in [0.25, 0.3) is 0 Å². The van der Waals surface area contributed by atoms with E-state index in [0.29, 0.717) is 0 Å². The van der Waals surface area contributed by atoms with E-state index in [0.717, 1.165) is 0 Å². The lowest BCUT2D eigenvalue weighted by Crippen LogP contribution is -2.63. The third kappa shape index (κ3) is 6.07. The summed E-state index contributed by atoms with van der Waals surface area (Å²) in [4.78, 5) is 5.47. The standard InChI is InChI=1S/C71H65BN2/c1-44-37-53-49-29-22-31-55-66(49)74(62-32-21-20-30-54(62)71(55,46-25-16-12-17-26-46)47-27-18-13-19-28-47)72-60-41-52-51-40-58-59(69(7,8)36-35-68(58,5)6)42-56(51)70(9,10)57(52)43-63(60)73(64(38-44)65(53)72)61-34-33-48(67(2,3)4)39-50(61)45-23-14-11-15-24-45/h11-34,37-43H,35-36H2,1-10H3. The smallest absolute Gasteiger partial charge is 0.333 e. The molecule has 0 bridgehead atoms. The van der Waals surface area contributed by atoms with Crippen LogP contribution in [0.15, 0.2) is 188 Å². The maximum atomic E-state index is 2.79. The molecule has 3 heterocycles. The second-order valence-corrected chi connectivity index (χ2v) is 25.2. The average molecular weight is 957 g/mol. The van der Waals surface area contributed by atoms with Crippen LogP contribution in [0.5, 0.6) is 0 Å². The Balaban J connectivity index is 1.13. The first-order valence-corrected chi connectivity index (χ1v) is 27.2. The lowest BCUT2D eigenvalue weighted by Gasteiger charge is -2.53. The molecule has 0 saturated carbocycles. The average Bonchev–Trinajstić information content (AvgIpc) is 3.62. The van der Waals surface area contributed by atoms with Gasteiger partial charge in [0.05, 0.1) is 11.1 Å². The second kappa shape index (κ2) is 15.4. The first kappa shape index (κ1) is 45.3. The SMILES string of the molecule is Cc1cc2c3c(c1)N(c1ccc(C(C)(C)C)cc1-c1ccccc1)c1cc4c(cc1B3N1c3ccccc3C(c3ccccc3)(c3ccccc3)c3cccc-2c31)-c1cc2c(cc1C4(C)C)C(C)(C)CCC2(C)C. The summed E-state index contributed by atoms with van der Waals surface area (Å²) in [5.41, 5.74) is 29.8. The molecule has 74 heavy (non-hydrogen) atoms. The number of nitrogens with zero attached hydrogens (tertiary/aromatic N) is 2. The highest BCUT2D eigenvalue weighted by molar-refractivity contribution is 6.94. The number of anilines is 5. The molecule has 3 heteroatoms. The maximum absolute atomic E-state index is 2.79. The Morgan fingerprint density at radius 3 is 1.70 bits per heavy atom. The topological polar surface area (TPSA) is 6.48 Å². The van der Waals surface area contributed by atoms with Gasteiger partial charge in [-0.15, -0.1) is 0 Å². The Bertz CT molecular complexity index is 3780. The second-order valence-electron chi connectivity index (χ2n) is 25.2. The molecule has 0 aromatic heterocycles. The van der Waals surface area contributed by atoms with Crippen LogP contribution in [0.1, 0.15) is 131 Å². The molecule has 0 fully saturated rings. The minimum atomic E-state index is -0.575. The highest BCUT2D eigenvalue weighted by Gasteiger charge is 2.54. The molecule has 0 amide bonds. The van der Waals surface area contributed by atoms with Gasteiger partial charge in [0.2, 0.25) is 0 Å². The van der Waals surface area contributed by atoms with Crippen molar-refractivity contribution in [2.45, 2.75) is 109 Å². The Labute approximate surface area is 439 Å². The van der Waals surface area contributed by atoms with Crippen molar-refractivity contribution < 1.29 is 0 Å². The van der Waals surface area contributed by atoms with Gasteiger partial charge in [-0.25, -0.2) is 0 Å². The molecule has 362 valence electrons. The monoisotopic (exact) mass is 957 g/mol. The molecule has 2 aliphatic carbocycles. The van der Waals surface area contributed by atoms with E-state index in [1.807, 2.05) is 0 Å². The number of para-hydroxylation sites is 2. The molecular formula is C71H65BN2. The fraction of sp³-hybridized carbons (Fsp3) is 0.239. The zero-order chi connectivity index (χ0) is 50.8. The van der Waals surface area contributed by atoms with E-state index in [1.54, 1.807) is 0 Å². The van der Waals surface area contributed by atoms with Gasteiger partial charge in [0.1, 0.15) is 0 Å². The molecule has 0 N–H and O–H groups in total. The van der Waals surface area contributed by atoms with E-state index in [9.17, 15) is 0 Å². The summed E-state index contributed by atoms with van der Waals surface area (Å²) in [5.74, 6) is 0. The molecule has 9 aromatic rings. The molecule has 3 aliphatic heterocycles. The largest absolute Gasteiger partial charge is 0.376 e. The van der Waals surface area contributed by atoms with Crippen molar-refractivity contribution in [2.75, 3.05) is 9.71 Å². The van der Waals surface area contributed by atoms with Crippen molar-refractivity contribution in [3.8, 4) is 33.4 Å². The summed E-state index contributed by atoms with van der Waals surface area (Å²) in [6.07, 6.45) is 2.38. The zero-order valence-electron chi connectivity index (χ0n) is 44.8. The predicted molar refractivity (Wildman–Crippen MR) is 314 cm³/mol. The van der Waals surface area contributed by atoms with Crippen molar-refractivity contribution in [3.05, 3.63) is 244 Å². The van der Waals surface area contributed by atoms with Gasteiger partial charge in [-0.2, -0.15) is 0 Å². The minimum absolute atomic E-state index is 0.0355. The van der Waals surface area contributed by atoms with Crippen LogP contribution in [0.25, 0.3) is 33.4 Å². The number of aryl methyl sites for hydroxylation is 1. The normalized spacial score (nSPS) is 17.3. The van der Waals surface area contributed by atoms with Crippen LogP contribution in [0.4, 0.5) is 28.4 Å². The molecule has 0 atom stereocenters. The Kier molecular flexibility index (Phi) is 9.40. The number of benzene rings is 9. The highest BCUT2D eigenvalue weighted by atomic mass is 15.2. The quantitative estimate of drug-likeness (QED) is 0.162. The van der Waals surface area contributed by atoms with Crippen LogP contribution in [-0.2, 0) is 27.1 Å². The van der Waals surface area contributed by atoms with Crippen molar-refractivity contribution in [3.63, 3.8) is 0 Å². The van der Waals surface area contributed by atoms with Gasteiger partial charge in [0, 0.05) is 39.3 Å². The van der Waals surface area contributed by atoms with E-state index in [1.165, 1.54) is 141 Å². The summed E-state index contributed by atoms with van der Waals surface area (Å²) in [7, 11) is 0. The molecular weight excluding hydrogens is 892 g/mol. The Morgan fingerprint density at radius 2 is 1.03 bits per heavy atom. The van der Waals surface area contributed by atoms with Crippen LogP contribution in [0, 0.1) is 6.92 Å². The molecule has 0 unspecified atom stereocenters. The van der Waals surface area contributed by atoms with Crippen LogP contribution in [0.3, 0.4) is 0 Å². The Morgan fingerprint density at radius 1 is 0.432 bits per heavy atom. The van der Waals surface area contributed by atoms with Gasteiger partial charge in [-0.3, -0.25) is 0 Å². The van der Waals surface area contributed by atoms with E-state index >= 15 is 0 Å². The molecule has 5 aliphatic rings. The van der Waals surface area contributed by atoms with E-state index in [4.69, 9.17) is 0 Å². The molecule has 14 rings (SSSR count). The van der Waals surface area contributed by atoms with E-state index in [-0.39, 0.29) is 28.5 Å². The van der Waals surface area contributed by atoms with Crippen molar-refractivity contribution >= 4 is 46.2 Å². The van der Waals surface area contributed by atoms with Gasteiger partial charge in [-0.1, -0.05) is 214 Å². The van der Waals surface area contributed by atoms with Gasteiger partial charge in [-0.05, 0) is 161 Å². The van der Waals surface area contributed by atoms with Gasteiger partial charge >= 0.3 is 6.85 Å². The minimum Gasteiger partial charge on any atom is -0.376 e. The summed E-state index contributed by atoms with van der Waals surface area (Å²) >= 11 is 0. The highest BCUT2D eigenvalue weighted by Crippen LogP contribution is 2.62. The number of fused-ring (bicyclic) bond motifs is 10. The number of hydrogen-bond acceptors (Lipinski definition) is 2. The summed E-state index contributed by atoms with van der Waals surface area (Å²) < 4.78 is 0.